The Labute approximate surface area is 117 Å². The third-order valence-electron chi connectivity index (χ3n) is 3.22. The Morgan fingerprint density at radius 2 is 2.20 bits per heavy atom. The smallest absolute Gasteiger partial charge is 0.244 e. The molecule has 0 radical (unpaired) electrons. The molecular weight excluding hydrogens is 261 g/mol. The van der Waals surface area contributed by atoms with Gasteiger partial charge in [-0.2, -0.15) is 0 Å². The first-order valence-electron chi connectivity index (χ1n) is 6.65. The molecule has 0 aromatic heterocycles. The Morgan fingerprint density at radius 1 is 1.50 bits per heavy atom. The van der Waals surface area contributed by atoms with Crippen molar-refractivity contribution in [2.45, 2.75) is 32.4 Å². The number of anilines is 2. The van der Waals surface area contributed by atoms with Crippen LogP contribution in [0.2, 0.25) is 0 Å². The van der Waals surface area contributed by atoms with Crippen LogP contribution >= 0.6 is 0 Å². The van der Waals surface area contributed by atoms with Crippen molar-refractivity contribution in [1.29, 1.82) is 0 Å². The van der Waals surface area contributed by atoms with Crippen LogP contribution in [0.1, 0.15) is 20.3 Å². The number of hydrogen-bond acceptors (Lipinski definition) is 4. The summed E-state index contributed by atoms with van der Waals surface area (Å²) in [5.74, 6) is -0.354. The summed E-state index contributed by atoms with van der Waals surface area (Å²) in [6, 6.07) is 2.40. The highest BCUT2D eigenvalue weighted by atomic mass is 19.1. The van der Waals surface area contributed by atoms with E-state index in [0.29, 0.717) is 18.7 Å². The lowest BCUT2D eigenvalue weighted by atomic mass is 10.2. The van der Waals surface area contributed by atoms with Crippen molar-refractivity contribution in [1.82, 2.24) is 4.90 Å². The largest absolute Gasteiger partial charge is 0.488 e. The molecule has 1 aliphatic rings. The topological polar surface area (TPSA) is 67.6 Å². The third kappa shape index (κ3) is 2.95. The van der Waals surface area contributed by atoms with E-state index in [1.54, 1.807) is 11.9 Å². The Kier molecular flexibility index (Phi) is 4.01. The number of benzene rings is 1. The molecule has 20 heavy (non-hydrogen) atoms. The van der Waals surface area contributed by atoms with E-state index in [4.69, 9.17) is 10.5 Å². The third-order valence-corrected chi connectivity index (χ3v) is 3.22. The van der Waals surface area contributed by atoms with E-state index >= 15 is 0 Å². The summed E-state index contributed by atoms with van der Waals surface area (Å²) < 4.78 is 19.1. The van der Waals surface area contributed by atoms with Gasteiger partial charge >= 0.3 is 0 Å². The van der Waals surface area contributed by atoms with Gasteiger partial charge in [-0.1, -0.05) is 0 Å². The van der Waals surface area contributed by atoms with E-state index in [1.165, 1.54) is 12.1 Å². The van der Waals surface area contributed by atoms with E-state index in [9.17, 15) is 9.18 Å². The number of carbonyl (C=O) groups excluding carboxylic acids is 1. The Hall–Kier alpha value is -1.98. The molecule has 1 heterocycles. The predicted octanol–water partition coefficient (Wildman–Crippen LogP) is 1.84. The van der Waals surface area contributed by atoms with Gasteiger partial charge in [-0.15, -0.1) is 0 Å². The van der Waals surface area contributed by atoms with Crippen LogP contribution in [-0.4, -0.2) is 36.5 Å². The van der Waals surface area contributed by atoms with E-state index in [2.05, 4.69) is 5.32 Å². The summed E-state index contributed by atoms with van der Waals surface area (Å²) in [6.07, 6.45) is 0.562. The van der Waals surface area contributed by atoms with Crippen LogP contribution in [0.3, 0.4) is 0 Å². The number of nitrogens with zero attached hydrogens (tertiary/aromatic N) is 1. The second-order valence-corrected chi connectivity index (χ2v) is 5.28. The Bertz CT molecular complexity index is 519. The fraction of sp³-hybridized carbons (Fsp3) is 0.500. The van der Waals surface area contributed by atoms with Crippen molar-refractivity contribution in [3.8, 4) is 5.75 Å². The Balaban J connectivity index is 2.21. The molecule has 0 spiro atoms. The van der Waals surface area contributed by atoms with Gasteiger partial charge in [0.25, 0.3) is 0 Å². The summed E-state index contributed by atoms with van der Waals surface area (Å²) in [7, 11) is 1.76. The molecule has 6 heteroatoms. The maximum absolute atomic E-state index is 13.7. The van der Waals surface area contributed by atoms with Gasteiger partial charge in [-0.05, 0) is 20.3 Å². The number of amides is 1. The quantitative estimate of drug-likeness (QED) is 0.826. The van der Waals surface area contributed by atoms with E-state index in [1.807, 2.05) is 13.8 Å². The first-order chi connectivity index (χ1) is 9.38. The Morgan fingerprint density at radius 3 is 2.75 bits per heavy atom. The van der Waals surface area contributed by atoms with E-state index in [0.717, 1.165) is 0 Å². The molecule has 5 nitrogen and oxygen atoms in total. The number of nitrogens with two attached hydrogens (primary N) is 1. The van der Waals surface area contributed by atoms with Gasteiger partial charge in [0.05, 0.1) is 17.5 Å². The molecule has 2 rings (SSSR count). The van der Waals surface area contributed by atoms with Crippen molar-refractivity contribution >= 4 is 17.3 Å². The van der Waals surface area contributed by atoms with Crippen LogP contribution in [0, 0.1) is 5.82 Å². The lowest BCUT2D eigenvalue weighted by Gasteiger charge is -2.17. The van der Waals surface area contributed by atoms with Crippen molar-refractivity contribution in [3.63, 3.8) is 0 Å². The molecule has 1 fully saturated rings. The molecule has 110 valence electrons. The lowest BCUT2D eigenvalue weighted by Crippen LogP contribution is -2.31. The van der Waals surface area contributed by atoms with Crippen LogP contribution in [0.15, 0.2) is 12.1 Å². The van der Waals surface area contributed by atoms with Crippen LogP contribution in [0.4, 0.5) is 15.8 Å². The summed E-state index contributed by atoms with van der Waals surface area (Å²) in [5, 5.41) is 3.07. The monoisotopic (exact) mass is 281 g/mol. The number of rotatable bonds is 4. The van der Waals surface area contributed by atoms with Gasteiger partial charge in [-0.3, -0.25) is 4.79 Å². The average Bonchev–Trinajstić information content (AvgIpc) is 2.66. The van der Waals surface area contributed by atoms with Gasteiger partial charge in [0.2, 0.25) is 5.91 Å². The molecule has 1 amide bonds. The number of nitrogens with one attached hydrogen (secondary N) is 1. The SMILES string of the molecule is CC(C)Oc1cc(NC2CCN(C)C2=O)c(N)cc1F. The maximum Gasteiger partial charge on any atom is 0.244 e. The zero-order valence-corrected chi connectivity index (χ0v) is 11.9. The highest BCUT2D eigenvalue weighted by molar-refractivity contribution is 5.87. The fourth-order valence-corrected chi connectivity index (χ4v) is 2.18. The van der Waals surface area contributed by atoms with E-state index in [-0.39, 0.29) is 29.5 Å². The molecule has 1 unspecified atom stereocenters. The summed E-state index contributed by atoms with van der Waals surface area (Å²) >= 11 is 0. The number of likely N-dealkylation sites (tertiary alicyclic amines) is 1. The first-order valence-corrected chi connectivity index (χ1v) is 6.65. The molecule has 0 bridgehead atoms. The molecular formula is C14H20FN3O2. The van der Waals surface area contributed by atoms with Crippen LogP contribution < -0.4 is 15.8 Å². The predicted molar refractivity (Wildman–Crippen MR) is 76.2 cm³/mol. The zero-order chi connectivity index (χ0) is 14.9. The number of carbonyl (C=O) groups is 1. The molecule has 0 aliphatic carbocycles. The average molecular weight is 281 g/mol. The highest BCUT2D eigenvalue weighted by Gasteiger charge is 2.29. The van der Waals surface area contributed by atoms with Crippen LogP contribution in [0.5, 0.6) is 5.75 Å². The molecule has 0 saturated carbocycles. The minimum Gasteiger partial charge on any atom is -0.488 e. The minimum atomic E-state index is -0.503. The van der Waals surface area contributed by atoms with Gasteiger partial charge in [0, 0.05) is 25.7 Å². The van der Waals surface area contributed by atoms with Crippen LogP contribution in [-0.2, 0) is 4.79 Å². The summed E-state index contributed by atoms with van der Waals surface area (Å²) in [6.45, 7) is 4.34. The maximum atomic E-state index is 13.7. The second-order valence-electron chi connectivity index (χ2n) is 5.28. The number of nitrogen functional groups attached to an aromatic ring is 1. The van der Waals surface area contributed by atoms with Gasteiger partial charge in [0.1, 0.15) is 6.04 Å². The highest BCUT2D eigenvalue weighted by Crippen LogP contribution is 2.30. The van der Waals surface area contributed by atoms with Gasteiger partial charge in [-0.25, -0.2) is 4.39 Å². The first kappa shape index (κ1) is 14.4. The van der Waals surface area contributed by atoms with Gasteiger partial charge in [0.15, 0.2) is 11.6 Å². The molecule has 1 atom stereocenters. The number of halogens is 1. The second kappa shape index (κ2) is 5.56. The van der Waals surface area contributed by atoms with Gasteiger partial charge < -0.3 is 20.7 Å². The van der Waals surface area contributed by atoms with Crippen molar-refractivity contribution in [2.24, 2.45) is 0 Å². The normalized spacial score (nSPS) is 18.8. The summed E-state index contributed by atoms with van der Waals surface area (Å²) in [4.78, 5) is 13.5. The van der Waals surface area contributed by atoms with E-state index < -0.39 is 5.82 Å². The fourth-order valence-electron chi connectivity index (χ4n) is 2.18. The van der Waals surface area contributed by atoms with Crippen molar-refractivity contribution in [2.75, 3.05) is 24.6 Å². The molecule has 3 N–H and O–H groups in total. The summed E-state index contributed by atoms with van der Waals surface area (Å²) in [5.41, 5.74) is 6.58. The zero-order valence-electron chi connectivity index (χ0n) is 11.9. The molecule has 1 saturated heterocycles. The van der Waals surface area contributed by atoms with Crippen molar-refractivity contribution < 1.29 is 13.9 Å². The standard InChI is InChI=1S/C14H20FN3O2/c1-8(2)20-13-7-12(10(16)6-9(13)15)17-11-4-5-18(3)14(11)19/h6-8,11,17H,4-5,16H2,1-3H3. The molecule has 1 aromatic rings. The molecule has 1 aliphatic heterocycles. The van der Waals surface area contributed by atoms with Crippen LogP contribution in [0.25, 0.3) is 0 Å². The molecule has 1 aromatic carbocycles. The lowest BCUT2D eigenvalue weighted by molar-refractivity contribution is -0.127. The number of hydrogen-bond donors (Lipinski definition) is 2. The number of ether oxygens (including phenoxy) is 1. The van der Waals surface area contributed by atoms with Crippen molar-refractivity contribution in [3.05, 3.63) is 17.9 Å². The minimum absolute atomic E-state index is 0.0139. The number of likely N-dealkylation sites (N-methyl/N-ethyl adjacent to an activating group) is 1.